The second kappa shape index (κ2) is 5.30. The number of rotatable bonds is 4. The molecule has 0 aromatic carbocycles. The molecule has 1 aliphatic carbocycles. The van der Waals surface area contributed by atoms with E-state index in [1.54, 1.807) is 11.8 Å². The molecular formula is C12H19Cl2NO4S. The Morgan fingerprint density at radius 1 is 1.35 bits per heavy atom. The minimum atomic E-state index is -3.40. The molecule has 1 heterocycles. The van der Waals surface area contributed by atoms with Crippen LogP contribution in [0.2, 0.25) is 0 Å². The molecule has 2 rings (SSSR count). The largest absolute Gasteiger partial charge is 0.342 e. The highest BCUT2D eigenvalue weighted by Gasteiger charge is 2.68. The van der Waals surface area contributed by atoms with E-state index in [2.05, 4.69) is 0 Å². The number of halogens is 2. The number of carbonyl (C=O) groups is 1. The van der Waals surface area contributed by atoms with Crippen molar-refractivity contribution in [2.24, 2.45) is 11.3 Å². The molecule has 1 atom stereocenters. The van der Waals surface area contributed by atoms with Crippen LogP contribution in [0.15, 0.2) is 0 Å². The van der Waals surface area contributed by atoms with Gasteiger partial charge in [0.25, 0.3) is 10.1 Å². The molecule has 2 fully saturated rings. The standard InChI is InChI=1S/C12H19Cl2NO4S/c1-11(8-12(11,13)14)10(16)15-5-3-9(4-6-15)7-19-20(2,17)18/h9H,3-8H2,1-2H3. The zero-order chi connectivity index (χ0) is 15.2. The van der Waals surface area contributed by atoms with E-state index in [4.69, 9.17) is 27.4 Å². The second-order valence-electron chi connectivity index (χ2n) is 5.94. The van der Waals surface area contributed by atoms with E-state index in [0.717, 1.165) is 19.1 Å². The number of amides is 1. The summed E-state index contributed by atoms with van der Waals surface area (Å²) in [6.07, 6.45) is 2.99. The Morgan fingerprint density at radius 2 is 1.85 bits per heavy atom. The Morgan fingerprint density at radius 3 is 2.25 bits per heavy atom. The number of alkyl halides is 2. The average molecular weight is 344 g/mol. The van der Waals surface area contributed by atoms with Crippen LogP contribution in [0, 0.1) is 11.3 Å². The molecule has 20 heavy (non-hydrogen) atoms. The zero-order valence-electron chi connectivity index (χ0n) is 11.6. The van der Waals surface area contributed by atoms with E-state index in [1.165, 1.54) is 0 Å². The van der Waals surface area contributed by atoms with Crippen LogP contribution in [0.3, 0.4) is 0 Å². The normalized spacial score (nSPS) is 30.3. The fourth-order valence-electron chi connectivity index (χ4n) is 2.50. The van der Waals surface area contributed by atoms with E-state index in [-0.39, 0.29) is 18.4 Å². The Kier molecular flexibility index (Phi) is 4.33. The molecule has 0 aromatic rings. The number of likely N-dealkylation sites (tertiary alicyclic amines) is 1. The van der Waals surface area contributed by atoms with Gasteiger partial charge in [0.05, 0.1) is 18.3 Å². The van der Waals surface area contributed by atoms with Gasteiger partial charge in [-0.25, -0.2) is 0 Å². The first-order valence-corrected chi connectivity index (χ1v) is 9.14. The van der Waals surface area contributed by atoms with E-state index in [9.17, 15) is 13.2 Å². The summed E-state index contributed by atoms with van der Waals surface area (Å²) in [5, 5.41) is 0. The predicted octanol–water partition coefficient (Wildman–Crippen LogP) is 1.79. The van der Waals surface area contributed by atoms with Crippen LogP contribution in [0.5, 0.6) is 0 Å². The van der Waals surface area contributed by atoms with Crippen LogP contribution < -0.4 is 0 Å². The van der Waals surface area contributed by atoms with Crippen LogP contribution in [0.25, 0.3) is 0 Å². The van der Waals surface area contributed by atoms with E-state index >= 15 is 0 Å². The molecule has 0 aromatic heterocycles. The van der Waals surface area contributed by atoms with E-state index < -0.39 is 19.9 Å². The summed E-state index contributed by atoms with van der Waals surface area (Å²) >= 11 is 12.0. The van der Waals surface area contributed by atoms with Gasteiger partial charge in [0.15, 0.2) is 0 Å². The summed E-state index contributed by atoms with van der Waals surface area (Å²) in [6, 6.07) is 0. The fraction of sp³-hybridized carbons (Fsp3) is 0.917. The van der Waals surface area contributed by atoms with Gasteiger partial charge in [-0.15, -0.1) is 23.2 Å². The van der Waals surface area contributed by atoms with Crippen LogP contribution in [0.1, 0.15) is 26.2 Å². The highest BCUT2D eigenvalue weighted by Crippen LogP contribution is 2.64. The van der Waals surface area contributed by atoms with Gasteiger partial charge >= 0.3 is 0 Å². The fourth-order valence-corrected chi connectivity index (χ4v) is 3.64. The third kappa shape index (κ3) is 3.40. The monoisotopic (exact) mass is 343 g/mol. The van der Waals surface area contributed by atoms with Crippen LogP contribution in [-0.2, 0) is 19.1 Å². The van der Waals surface area contributed by atoms with Crippen molar-refractivity contribution >= 4 is 39.2 Å². The van der Waals surface area contributed by atoms with Crippen molar-refractivity contribution < 1.29 is 17.4 Å². The predicted molar refractivity (Wildman–Crippen MR) is 77.3 cm³/mol. The zero-order valence-corrected chi connectivity index (χ0v) is 13.9. The van der Waals surface area contributed by atoms with Crippen LogP contribution >= 0.6 is 23.2 Å². The van der Waals surface area contributed by atoms with Gasteiger partial charge in [-0.3, -0.25) is 8.98 Å². The number of carbonyl (C=O) groups excluding carboxylic acids is 1. The third-order valence-corrected chi connectivity index (χ3v) is 5.82. The van der Waals surface area contributed by atoms with Crippen molar-refractivity contribution in [2.45, 2.75) is 30.5 Å². The SMILES string of the molecule is CC1(C(=O)N2CCC(COS(C)(=O)=O)CC2)CC1(Cl)Cl. The topological polar surface area (TPSA) is 63.7 Å². The average Bonchev–Trinajstić information content (AvgIpc) is 2.86. The molecule has 1 saturated carbocycles. The quantitative estimate of drug-likeness (QED) is 0.576. The lowest BCUT2D eigenvalue weighted by Gasteiger charge is -2.33. The minimum absolute atomic E-state index is 0.00928. The molecule has 8 heteroatoms. The van der Waals surface area contributed by atoms with Gasteiger partial charge in [-0.1, -0.05) is 0 Å². The first-order chi connectivity index (χ1) is 9.05. The summed E-state index contributed by atoms with van der Waals surface area (Å²) < 4.78 is 25.7. The second-order valence-corrected chi connectivity index (χ2v) is 9.07. The first kappa shape index (κ1) is 16.3. The van der Waals surface area contributed by atoms with E-state index in [1.807, 2.05) is 0 Å². The Hall–Kier alpha value is -0.0400. The summed E-state index contributed by atoms with van der Waals surface area (Å²) in [4.78, 5) is 14.1. The maximum absolute atomic E-state index is 12.4. The molecule has 116 valence electrons. The molecule has 5 nitrogen and oxygen atoms in total. The molecule has 2 aliphatic rings. The van der Waals surface area contributed by atoms with Crippen molar-refractivity contribution in [2.75, 3.05) is 26.0 Å². The minimum Gasteiger partial charge on any atom is -0.342 e. The van der Waals surface area contributed by atoms with Gasteiger partial charge in [-0.05, 0) is 32.1 Å². The lowest BCUT2D eigenvalue weighted by atomic mass is 9.96. The number of piperidine rings is 1. The van der Waals surface area contributed by atoms with Crippen molar-refractivity contribution in [3.63, 3.8) is 0 Å². The van der Waals surface area contributed by atoms with Crippen LogP contribution in [-0.4, -0.2) is 49.5 Å². The summed E-state index contributed by atoms with van der Waals surface area (Å²) in [5.74, 6) is 0.155. The maximum atomic E-state index is 12.4. The molecule has 0 radical (unpaired) electrons. The van der Waals surface area contributed by atoms with Crippen molar-refractivity contribution in [1.29, 1.82) is 0 Å². The molecule has 0 spiro atoms. The molecule has 0 bridgehead atoms. The van der Waals surface area contributed by atoms with Crippen molar-refractivity contribution in [3.05, 3.63) is 0 Å². The number of nitrogens with zero attached hydrogens (tertiary/aromatic N) is 1. The van der Waals surface area contributed by atoms with Crippen molar-refractivity contribution in [1.82, 2.24) is 4.90 Å². The lowest BCUT2D eigenvalue weighted by molar-refractivity contribution is -0.138. The molecular weight excluding hydrogens is 325 g/mol. The van der Waals surface area contributed by atoms with Gasteiger partial charge in [0.2, 0.25) is 5.91 Å². The highest BCUT2D eigenvalue weighted by atomic mass is 35.5. The summed E-state index contributed by atoms with van der Waals surface area (Å²) in [6.45, 7) is 3.16. The molecule has 1 amide bonds. The Bertz CT molecular complexity index is 500. The van der Waals surface area contributed by atoms with Gasteiger partial charge in [0.1, 0.15) is 4.33 Å². The third-order valence-electron chi connectivity index (χ3n) is 4.15. The molecule has 1 unspecified atom stereocenters. The number of hydrogen-bond donors (Lipinski definition) is 0. The molecule has 1 saturated heterocycles. The van der Waals surface area contributed by atoms with E-state index in [0.29, 0.717) is 19.5 Å². The lowest BCUT2D eigenvalue weighted by Crippen LogP contribution is -2.43. The van der Waals surface area contributed by atoms with Gasteiger partial charge in [0, 0.05) is 13.1 Å². The summed E-state index contributed by atoms with van der Waals surface area (Å²) in [5.41, 5.74) is -0.674. The highest BCUT2D eigenvalue weighted by molar-refractivity contribution is 7.85. The first-order valence-electron chi connectivity index (χ1n) is 6.57. The molecule has 0 N–H and O–H groups in total. The Balaban J connectivity index is 1.82. The maximum Gasteiger partial charge on any atom is 0.264 e. The number of hydrogen-bond acceptors (Lipinski definition) is 4. The van der Waals surface area contributed by atoms with Gasteiger partial charge in [-0.2, -0.15) is 8.42 Å². The van der Waals surface area contributed by atoms with Crippen molar-refractivity contribution in [3.8, 4) is 0 Å². The molecule has 1 aliphatic heterocycles. The Labute approximate surface area is 129 Å². The van der Waals surface area contributed by atoms with Gasteiger partial charge < -0.3 is 4.90 Å². The smallest absolute Gasteiger partial charge is 0.264 e. The van der Waals surface area contributed by atoms with Crippen LogP contribution in [0.4, 0.5) is 0 Å². The summed E-state index contributed by atoms with van der Waals surface area (Å²) in [7, 11) is -3.40.